The van der Waals surface area contributed by atoms with Gasteiger partial charge in [0, 0.05) is 26.2 Å². The Bertz CT molecular complexity index is 3130. The second-order valence-electron chi connectivity index (χ2n) is 31.9. The third-order valence-corrected chi connectivity index (χ3v) is 23.8. The van der Waals surface area contributed by atoms with Crippen molar-refractivity contribution in [2.24, 2.45) is 28.0 Å². The second-order valence-corrected chi connectivity index (χ2v) is 33.7. The first-order valence-electron chi connectivity index (χ1n) is 44.2. The normalized spacial score (nSPS) is 15.5. The van der Waals surface area contributed by atoms with Crippen molar-refractivity contribution < 1.29 is 36.8 Å². The Balaban J connectivity index is 0.000000329. The van der Waals surface area contributed by atoms with Gasteiger partial charge >= 0.3 is 24.8 Å². The molecule has 0 aliphatic carbocycles. The standard InChI is InChI=1S/C46H70Br2N2O4.C46H72N2O4.BHNS/c1-5-9-13-17-19-23-27-35(25-21-15-11-7-3)33-49-43(37-29-31-39(47)53-37)41-42(45(49)51)44(38-30-32-40(48)54-38)50(46(41)52)34-36(26-22-16-12-8-4)28-24-20-18-14-10-6-2;1-5-9-13-17-19-23-29-37(27-21-15-11-7-3)35-47-43(39-31-25-33-51-39)41-42(45(47)49)44(40-32-26-34-52-40)48(46(41)50)36-38(28-22-16-12-8-4)30-24-20-18-14-10-6-2;1-2-3/h29-32,35-36H,5-28,33-34H2,1-4H3;25-26,31-34,37-38H,5-24,27-30,35-36H2,1-4H3;3H. The quantitative estimate of drug-likeness (QED) is 0.0261. The Morgan fingerprint density at radius 2 is 0.505 bits per heavy atom. The summed E-state index contributed by atoms with van der Waals surface area (Å²) in [7, 11) is 4.34. The van der Waals surface area contributed by atoms with E-state index in [9.17, 15) is 19.2 Å². The molecular weight excluding hydrogens is 1510 g/mol. The number of nitrogens with zero attached hydrogens (tertiary/aromatic N) is 5. The Kier molecular flexibility index (Phi) is 46.7. The topological polar surface area (TPSA) is 146 Å². The molecule has 1 radical (unpaired) electrons. The van der Waals surface area contributed by atoms with E-state index < -0.39 is 0 Å². The van der Waals surface area contributed by atoms with Gasteiger partial charge < -0.3 is 37.3 Å². The molecule has 4 atom stereocenters. The third kappa shape index (κ3) is 30.1. The van der Waals surface area contributed by atoms with E-state index in [1.54, 1.807) is 12.5 Å². The van der Waals surface area contributed by atoms with Crippen molar-refractivity contribution in [3.63, 3.8) is 0 Å². The Morgan fingerprint density at radius 1 is 0.312 bits per heavy atom. The average molecular weight is 1650 g/mol. The number of carbonyl (C=O) groups excluding carboxylic acids is 4. The Labute approximate surface area is 684 Å². The van der Waals surface area contributed by atoms with E-state index >= 15 is 0 Å². The fourth-order valence-electron chi connectivity index (χ4n) is 16.9. The van der Waals surface area contributed by atoms with Crippen LogP contribution in [0.5, 0.6) is 0 Å². The van der Waals surface area contributed by atoms with Crippen LogP contribution < -0.4 is 0 Å². The molecule has 4 amide bonds. The van der Waals surface area contributed by atoms with Gasteiger partial charge in [0.15, 0.2) is 32.4 Å². The fraction of sp³-hybridized carbons (Fsp3) is 0.696. The summed E-state index contributed by atoms with van der Waals surface area (Å²) in [6, 6.07) is 15.1. The molecule has 0 saturated heterocycles. The van der Waals surface area contributed by atoms with Gasteiger partial charge in [-0.25, -0.2) is 0 Å². The van der Waals surface area contributed by atoms with Crippen LogP contribution in [-0.2, 0) is 19.2 Å². The SMILES string of the molecule is CCCCCCCCC(CCCCCC)CN1C(=O)C2=C(c3ccc(Br)o3)N(CC(CCCCCC)CCCCCCCC)C(=O)C2=C1c1ccc(Br)o1.CCCCCCCCC(CCCCCC)CN1C(=O)C2=C(c3ccco3)N(CC(CCCCCC)CCCCCCCC)C(=O)C2=C1c1ccco1.[B]=NS. The van der Waals surface area contributed by atoms with E-state index in [-0.39, 0.29) is 23.6 Å². The van der Waals surface area contributed by atoms with E-state index in [1.807, 2.05) is 68.1 Å². The van der Waals surface area contributed by atoms with Crippen molar-refractivity contribution in [2.75, 3.05) is 26.2 Å². The summed E-state index contributed by atoms with van der Waals surface area (Å²) in [5.74, 6) is 3.38. The summed E-state index contributed by atoms with van der Waals surface area (Å²) in [6.45, 7) is 20.5. The number of hydrogen-bond donors (Lipinski definition) is 1. The fourth-order valence-corrected chi connectivity index (χ4v) is 17.5. The van der Waals surface area contributed by atoms with Crippen LogP contribution in [0.4, 0.5) is 0 Å². The number of furan rings is 4. The van der Waals surface area contributed by atoms with E-state index in [0.29, 0.717) is 127 Å². The number of thiol groups is 1. The number of amides is 4. The van der Waals surface area contributed by atoms with E-state index in [1.165, 1.54) is 244 Å². The monoisotopic (exact) mass is 1650 g/mol. The van der Waals surface area contributed by atoms with Crippen LogP contribution in [0.1, 0.15) is 387 Å². The van der Waals surface area contributed by atoms with E-state index in [4.69, 9.17) is 17.7 Å². The third-order valence-electron chi connectivity index (χ3n) is 23.0. The van der Waals surface area contributed by atoms with Crippen LogP contribution in [-0.4, -0.2) is 77.0 Å². The van der Waals surface area contributed by atoms with Crippen molar-refractivity contribution >= 4 is 98.7 Å². The van der Waals surface area contributed by atoms with Gasteiger partial charge in [-0.1, -0.05) is 312 Å². The minimum absolute atomic E-state index is 0.0828. The molecule has 13 nitrogen and oxygen atoms in total. The Hall–Kier alpha value is -4.87. The number of carbonyl (C=O) groups is 4. The summed E-state index contributed by atoms with van der Waals surface area (Å²) in [4.78, 5) is 67.2. The molecule has 0 bridgehead atoms. The van der Waals surface area contributed by atoms with Gasteiger partial charge in [-0.15, -0.1) is 0 Å². The maximum absolute atomic E-state index is 15.0. The number of hydrogen-bond acceptors (Lipinski definition) is 10. The molecule has 8 heterocycles. The van der Waals surface area contributed by atoms with Crippen LogP contribution >= 0.6 is 44.7 Å². The molecule has 607 valence electrons. The van der Waals surface area contributed by atoms with E-state index in [2.05, 4.69) is 112 Å². The second kappa shape index (κ2) is 54.8. The molecule has 4 aliphatic heterocycles. The summed E-state index contributed by atoms with van der Waals surface area (Å²) < 4.78 is 28.3. The summed E-state index contributed by atoms with van der Waals surface area (Å²) in [5.41, 5.74) is 4.48. The van der Waals surface area contributed by atoms with Gasteiger partial charge in [0.05, 0.1) is 34.8 Å². The average Bonchev–Trinajstić information content (AvgIpc) is 1.56. The Morgan fingerprint density at radius 3 is 0.688 bits per heavy atom. The first-order chi connectivity index (χ1) is 53.3. The van der Waals surface area contributed by atoms with Gasteiger partial charge in [0.25, 0.3) is 23.6 Å². The van der Waals surface area contributed by atoms with Crippen molar-refractivity contribution in [3.05, 3.63) is 116 Å². The van der Waals surface area contributed by atoms with Crippen molar-refractivity contribution in [1.82, 2.24) is 19.6 Å². The molecule has 4 unspecified atom stereocenters. The predicted octanol–water partition coefficient (Wildman–Crippen LogP) is 28.4. The predicted molar refractivity (Wildman–Crippen MR) is 463 cm³/mol. The first kappa shape index (κ1) is 93.0. The number of unbranched alkanes of at least 4 members (excludes halogenated alkanes) is 32. The van der Waals surface area contributed by atoms with Crippen LogP contribution in [0.15, 0.2) is 115 Å². The van der Waals surface area contributed by atoms with Crippen LogP contribution in [0.25, 0.3) is 22.8 Å². The zero-order valence-corrected chi connectivity index (χ0v) is 73.2. The number of rotatable bonds is 60. The molecular formula is C92H143BBr2N5O8S. The van der Waals surface area contributed by atoms with Gasteiger partial charge in [0.1, 0.15) is 22.8 Å². The van der Waals surface area contributed by atoms with Crippen LogP contribution in [0.3, 0.4) is 0 Å². The molecule has 0 fully saturated rings. The zero-order chi connectivity index (χ0) is 78.4. The molecule has 0 saturated carbocycles. The molecule has 4 aromatic rings. The molecule has 0 aromatic carbocycles. The van der Waals surface area contributed by atoms with Gasteiger partial charge in [-0.2, -0.15) is 0 Å². The summed E-state index contributed by atoms with van der Waals surface area (Å²) in [5, 5.41) is 0. The molecule has 4 aliphatic rings. The first-order valence-corrected chi connectivity index (χ1v) is 46.2. The number of halogens is 2. The minimum atomic E-state index is -0.109. The summed E-state index contributed by atoms with van der Waals surface area (Å²) >= 11 is 10.2. The molecule has 109 heavy (non-hydrogen) atoms. The molecule has 17 heteroatoms. The van der Waals surface area contributed by atoms with E-state index in [0.717, 1.165) is 64.2 Å². The zero-order valence-electron chi connectivity index (χ0n) is 69.1. The molecule has 0 N–H and O–H groups in total. The number of fused-ring (bicyclic) bond motifs is 2. The van der Waals surface area contributed by atoms with Crippen LogP contribution in [0, 0.1) is 23.7 Å². The van der Waals surface area contributed by atoms with Crippen molar-refractivity contribution in [1.29, 1.82) is 0 Å². The van der Waals surface area contributed by atoms with Crippen molar-refractivity contribution in [2.45, 2.75) is 364 Å². The maximum atomic E-state index is 15.0. The van der Waals surface area contributed by atoms with Gasteiger partial charge in [0.2, 0.25) is 0 Å². The molecule has 8 rings (SSSR count). The van der Waals surface area contributed by atoms with Crippen LogP contribution in [0.2, 0.25) is 0 Å². The van der Waals surface area contributed by atoms with Gasteiger partial charge in [-0.3, -0.25) is 19.2 Å². The van der Waals surface area contributed by atoms with Crippen molar-refractivity contribution in [3.8, 4) is 0 Å². The van der Waals surface area contributed by atoms with Gasteiger partial charge in [-0.05, 0) is 155 Å². The summed E-state index contributed by atoms with van der Waals surface area (Å²) in [6.07, 6.45) is 61.5. The molecule has 4 aromatic heterocycles. The molecule has 0 spiro atoms.